The fourth-order valence-electron chi connectivity index (χ4n) is 1.47. The molecule has 0 saturated carbocycles. The van der Waals surface area contributed by atoms with Gasteiger partial charge < -0.3 is 10.6 Å². The smallest absolute Gasteiger partial charge is 0.263 e. The number of amides is 1. The van der Waals surface area contributed by atoms with E-state index in [4.69, 9.17) is 18.0 Å². The minimum atomic E-state index is 0.0877. The van der Waals surface area contributed by atoms with Gasteiger partial charge in [-0.15, -0.1) is 11.3 Å². The van der Waals surface area contributed by atoms with Crippen molar-refractivity contribution in [2.45, 2.75) is 26.2 Å². The van der Waals surface area contributed by atoms with Crippen LogP contribution >= 0.6 is 23.6 Å². The first kappa shape index (κ1) is 14.1. The number of rotatable bonds is 7. The third kappa shape index (κ3) is 4.83. The van der Waals surface area contributed by atoms with Crippen LogP contribution in [0.15, 0.2) is 17.5 Å². The van der Waals surface area contributed by atoms with E-state index >= 15 is 0 Å². The Balaban J connectivity index is 2.61. The molecule has 1 rings (SSSR count). The molecule has 1 heterocycles. The highest BCUT2D eigenvalue weighted by Crippen LogP contribution is 2.13. The van der Waals surface area contributed by atoms with E-state index in [1.807, 2.05) is 22.4 Å². The van der Waals surface area contributed by atoms with Gasteiger partial charge in [-0.2, -0.15) is 0 Å². The van der Waals surface area contributed by atoms with E-state index in [1.165, 1.54) is 11.3 Å². The summed E-state index contributed by atoms with van der Waals surface area (Å²) in [5.41, 5.74) is 5.48. The van der Waals surface area contributed by atoms with Gasteiger partial charge in [0.1, 0.15) is 0 Å². The first-order chi connectivity index (χ1) is 8.15. The molecule has 1 amide bonds. The van der Waals surface area contributed by atoms with Crippen molar-refractivity contribution in [1.82, 2.24) is 4.90 Å². The Kier molecular flexibility index (Phi) is 6.15. The van der Waals surface area contributed by atoms with E-state index in [2.05, 4.69) is 6.92 Å². The normalized spacial score (nSPS) is 10.2. The van der Waals surface area contributed by atoms with Crippen LogP contribution in [0.2, 0.25) is 0 Å². The Morgan fingerprint density at radius 2 is 2.29 bits per heavy atom. The van der Waals surface area contributed by atoms with Gasteiger partial charge >= 0.3 is 0 Å². The summed E-state index contributed by atoms with van der Waals surface area (Å²) in [5, 5.41) is 1.92. The third-order valence-electron chi connectivity index (χ3n) is 2.43. The number of hydrogen-bond donors (Lipinski definition) is 1. The highest BCUT2D eigenvalue weighted by Gasteiger charge is 2.15. The fraction of sp³-hybridized carbons (Fsp3) is 0.500. The molecule has 0 atom stereocenters. The Morgan fingerprint density at radius 1 is 1.53 bits per heavy atom. The summed E-state index contributed by atoms with van der Waals surface area (Å²) in [5.74, 6) is 0.0877. The van der Waals surface area contributed by atoms with Crippen LogP contribution in [-0.4, -0.2) is 28.9 Å². The second-order valence-corrected chi connectivity index (χ2v) is 5.31. The van der Waals surface area contributed by atoms with Gasteiger partial charge in [0.2, 0.25) is 0 Å². The molecule has 0 radical (unpaired) electrons. The fourth-order valence-corrected chi connectivity index (χ4v) is 2.25. The molecule has 5 heteroatoms. The van der Waals surface area contributed by atoms with Crippen LogP contribution < -0.4 is 5.73 Å². The molecule has 2 N–H and O–H groups in total. The zero-order valence-electron chi connectivity index (χ0n) is 10.0. The number of thiocarbonyl (C=S) groups is 1. The largest absolute Gasteiger partial charge is 0.393 e. The lowest BCUT2D eigenvalue weighted by atomic mass is 10.2. The molecular formula is C12H18N2OS2. The number of carbonyl (C=O) groups is 1. The summed E-state index contributed by atoms with van der Waals surface area (Å²) in [6, 6.07) is 3.75. The lowest BCUT2D eigenvalue weighted by Gasteiger charge is -2.21. The molecule has 17 heavy (non-hydrogen) atoms. The van der Waals surface area contributed by atoms with Crippen molar-refractivity contribution >= 4 is 34.5 Å². The van der Waals surface area contributed by atoms with Crippen LogP contribution in [0, 0.1) is 0 Å². The minimum absolute atomic E-state index is 0.0877. The second-order valence-electron chi connectivity index (χ2n) is 3.84. The van der Waals surface area contributed by atoms with Crippen molar-refractivity contribution in [2.24, 2.45) is 5.73 Å². The minimum Gasteiger partial charge on any atom is -0.393 e. The van der Waals surface area contributed by atoms with Crippen molar-refractivity contribution in [3.8, 4) is 0 Å². The summed E-state index contributed by atoms with van der Waals surface area (Å²) in [6.45, 7) is 3.50. The van der Waals surface area contributed by atoms with Gasteiger partial charge in [-0.25, -0.2) is 0 Å². The van der Waals surface area contributed by atoms with Crippen molar-refractivity contribution in [2.75, 3.05) is 13.1 Å². The van der Waals surface area contributed by atoms with E-state index in [0.717, 1.165) is 24.3 Å². The number of nitrogens with two attached hydrogens (primary N) is 1. The van der Waals surface area contributed by atoms with Crippen LogP contribution in [0.3, 0.4) is 0 Å². The van der Waals surface area contributed by atoms with Gasteiger partial charge in [0, 0.05) is 19.5 Å². The Bertz CT molecular complexity index is 363. The predicted molar refractivity (Wildman–Crippen MR) is 76.5 cm³/mol. The molecule has 3 nitrogen and oxygen atoms in total. The molecule has 0 aliphatic rings. The zero-order valence-corrected chi connectivity index (χ0v) is 11.6. The van der Waals surface area contributed by atoms with E-state index in [1.54, 1.807) is 0 Å². The van der Waals surface area contributed by atoms with Gasteiger partial charge in [0.15, 0.2) is 0 Å². The van der Waals surface area contributed by atoms with Crippen LogP contribution in [0.5, 0.6) is 0 Å². The monoisotopic (exact) mass is 270 g/mol. The molecule has 0 spiro atoms. The summed E-state index contributed by atoms with van der Waals surface area (Å²) in [7, 11) is 0. The van der Waals surface area contributed by atoms with Crippen LogP contribution in [0.25, 0.3) is 0 Å². The standard InChI is InChI=1S/C12H18N2OS2/c1-2-3-7-14(8-6-11(13)16)12(15)10-5-4-9-17-10/h4-5,9H,2-3,6-8H2,1H3,(H2,13,16). The van der Waals surface area contributed by atoms with E-state index in [9.17, 15) is 4.79 Å². The maximum atomic E-state index is 12.2. The molecular weight excluding hydrogens is 252 g/mol. The lowest BCUT2D eigenvalue weighted by Crippen LogP contribution is -2.34. The Hall–Kier alpha value is -0.940. The maximum absolute atomic E-state index is 12.2. The van der Waals surface area contributed by atoms with Gasteiger partial charge in [-0.3, -0.25) is 4.79 Å². The van der Waals surface area contributed by atoms with Crippen molar-refractivity contribution in [3.05, 3.63) is 22.4 Å². The van der Waals surface area contributed by atoms with Crippen LogP contribution in [0.4, 0.5) is 0 Å². The van der Waals surface area contributed by atoms with Crippen molar-refractivity contribution in [1.29, 1.82) is 0 Å². The Labute approximate surface area is 112 Å². The van der Waals surface area contributed by atoms with E-state index < -0.39 is 0 Å². The number of thiophene rings is 1. The zero-order chi connectivity index (χ0) is 12.7. The van der Waals surface area contributed by atoms with Crippen LogP contribution in [0.1, 0.15) is 35.9 Å². The molecule has 0 saturated heterocycles. The predicted octanol–water partition coefficient (Wildman–Crippen LogP) is 2.67. The lowest BCUT2D eigenvalue weighted by molar-refractivity contribution is 0.0763. The van der Waals surface area contributed by atoms with Gasteiger partial charge in [-0.1, -0.05) is 31.6 Å². The van der Waals surface area contributed by atoms with Crippen LogP contribution in [-0.2, 0) is 0 Å². The molecule has 0 aliphatic carbocycles. The second kappa shape index (κ2) is 7.40. The first-order valence-electron chi connectivity index (χ1n) is 5.76. The van der Waals surface area contributed by atoms with E-state index in [0.29, 0.717) is 18.0 Å². The summed E-state index contributed by atoms with van der Waals surface area (Å²) >= 11 is 6.33. The highest BCUT2D eigenvalue weighted by atomic mass is 32.1. The van der Waals surface area contributed by atoms with Crippen molar-refractivity contribution in [3.63, 3.8) is 0 Å². The van der Waals surface area contributed by atoms with Gasteiger partial charge in [0.25, 0.3) is 5.91 Å². The topological polar surface area (TPSA) is 46.3 Å². The molecule has 1 aromatic rings. The molecule has 0 aliphatic heterocycles. The van der Waals surface area contributed by atoms with E-state index in [-0.39, 0.29) is 5.91 Å². The Morgan fingerprint density at radius 3 is 2.82 bits per heavy atom. The average Bonchev–Trinajstić information content (AvgIpc) is 2.81. The highest BCUT2D eigenvalue weighted by molar-refractivity contribution is 7.80. The molecule has 0 aromatic carbocycles. The molecule has 1 aromatic heterocycles. The quantitative estimate of drug-likeness (QED) is 0.775. The van der Waals surface area contributed by atoms with Gasteiger partial charge in [0.05, 0.1) is 9.87 Å². The van der Waals surface area contributed by atoms with Gasteiger partial charge in [-0.05, 0) is 17.9 Å². The number of hydrogen-bond acceptors (Lipinski definition) is 3. The maximum Gasteiger partial charge on any atom is 0.263 e. The molecule has 0 bridgehead atoms. The first-order valence-corrected chi connectivity index (χ1v) is 7.05. The molecule has 94 valence electrons. The summed E-state index contributed by atoms with van der Waals surface area (Å²) < 4.78 is 0. The molecule has 0 fully saturated rings. The molecule has 0 unspecified atom stereocenters. The van der Waals surface area contributed by atoms with Crippen molar-refractivity contribution < 1.29 is 4.79 Å². The SMILES string of the molecule is CCCCN(CCC(N)=S)C(=O)c1cccs1. The number of carbonyl (C=O) groups excluding carboxylic acids is 1. The third-order valence-corrected chi connectivity index (χ3v) is 3.49. The summed E-state index contributed by atoms with van der Waals surface area (Å²) in [6.07, 6.45) is 2.67. The summed E-state index contributed by atoms with van der Waals surface area (Å²) in [4.78, 5) is 15.3. The number of nitrogens with zero attached hydrogens (tertiary/aromatic N) is 1. The average molecular weight is 270 g/mol. The number of unbranched alkanes of at least 4 members (excludes halogenated alkanes) is 1.